The number of carbonyl (C=O) groups is 1. The molecule has 186 valence electrons. The minimum atomic E-state index is -2.61. The van der Waals surface area contributed by atoms with Crippen LogP contribution in [0.2, 0.25) is 0 Å². The van der Waals surface area contributed by atoms with Gasteiger partial charge in [0, 0.05) is 41.7 Å². The predicted octanol–water partition coefficient (Wildman–Crippen LogP) is 3.70. The van der Waals surface area contributed by atoms with E-state index in [2.05, 4.69) is 30.9 Å². The van der Waals surface area contributed by atoms with Crippen LogP contribution >= 0.6 is 0 Å². The number of aromatic amines is 1. The van der Waals surface area contributed by atoms with Crippen molar-refractivity contribution in [1.82, 2.24) is 30.1 Å². The van der Waals surface area contributed by atoms with Crippen molar-refractivity contribution in [1.29, 1.82) is 0 Å². The largest absolute Gasteiger partial charge is 0.471 e. The van der Waals surface area contributed by atoms with Gasteiger partial charge in [-0.2, -0.15) is 5.10 Å². The Labute approximate surface area is 197 Å². The van der Waals surface area contributed by atoms with E-state index in [0.29, 0.717) is 35.7 Å². The van der Waals surface area contributed by atoms with E-state index < -0.39 is 37.3 Å². The number of halogens is 3. The first-order valence-corrected chi connectivity index (χ1v) is 11.6. The Morgan fingerprint density at radius 2 is 2.11 bits per heavy atom. The van der Waals surface area contributed by atoms with Gasteiger partial charge in [0.1, 0.15) is 17.8 Å². The van der Waals surface area contributed by atoms with Gasteiger partial charge in [-0.15, -0.1) is 5.10 Å². The van der Waals surface area contributed by atoms with Crippen LogP contribution < -0.4 is 15.4 Å². The third-order valence-electron chi connectivity index (χ3n) is 7.13. The molecule has 3 aromatic rings. The Hall–Kier alpha value is -3.51. The number of amides is 1. The zero-order valence-electron chi connectivity index (χ0n) is 18.6. The Morgan fingerprint density at radius 3 is 2.86 bits per heavy atom. The van der Waals surface area contributed by atoms with Gasteiger partial charge in [-0.3, -0.25) is 5.10 Å². The van der Waals surface area contributed by atoms with E-state index in [1.165, 1.54) is 16.8 Å². The first-order valence-electron chi connectivity index (χ1n) is 11.6. The first-order chi connectivity index (χ1) is 16.9. The lowest BCUT2D eigenvalue weighted by Gasteiger charge is -2.61. The minimum Gasteiger partial charge on any atom is -0.471 e. The van der Waals surface area contributed by atoms with E-state index >= 15 is 4.39 Å². The Morgan fingerprint density at radius 1 is 1.29 bits per heavy atom. The molecule has 0 aromatic carbocycles. The zero-order chi connectivity index (χ0) is 24.2. The molecule has 10 nitrogen and oxygen atoms in total. The molecule has 7 rings (SSSR count). The molecule has 4 fully saturated rings. The summed E-state index contributed by atoms with van der Waals surface area (Å²) in [5.74, 6) is 1.05. The van der Waals surface area contributed by atoms with Gasteiger partial charge in [-0.05, 0) is 38.0 Å². The Kier molecular flexibility index (Phi) is 5.22. The first kappa shape index (κ1) is 22.0. The molecule has 3 N–H and O–H groups in total. The van der Waals surface area contributed by atoms with Gasteiger partial charge in [-0.25, -0.2) is 27.5 Å². The van der Waals surface area contributed by atoms with Crippen molar-refractivity contribution in [3.8, 4) is 5.88 Å². The van der Waals surface area contributed by atoms with Crippen LogP contribution in [-0.4, -0.2) is 61.7 Å². The van der Waals surface area contributed by atoms with Crippen molar-refractivity contribution in [3.63, 3.8) is 0 Å². The second-order valence-corrected chi connectivity index (χ2v) is 9.58. The summed E-state index contributed by atoms with van der Waals surface area (Å²) < 4.78 is 51.8. The highest BCUT2D eigenvalue weighted by Gasteiger charge is 2.58. The molecule has 0 aliphatic heterocycles. The lowest BCUT2D eigenvalue weighted by molar-refractivity contribution is -0.0532. The number of alkyl halides is 3. The molecule has 0 unspecified atom stereocenters. The monoisotopic (exact) mass is 491 g/mol. The molecule has 3 aromatic heterocycles. The van der Waals surface area contributed by atoms with Gasteiger partial charge >= 0.3 is 6.09 Å². The molecule has 4 aliphatic carbocycles. The second-order valence-electron chi connectivity index (χ2n) is 9.58. The van der Waals surface area contributed by atoms with E-state index in [4.69, 9.17) is 9.47 Å². The quantitative estimate of drug-likeness (QED) is 0.440. The average molecular weight is 491 g/mol. The van der Waals surface area contributed by atoms with Crippen LogP contribution in [0, 0.1) is 5.92 Å². The highest BCUT2D eigenvalue weighted by atomic mass is 19.3. The molecule has 0 radical (unpaired) electrons. The van der Waals surface area contributed by atoms with Gasteiger partial charge in [0.25, 0.3) is 6.43 Å². The number of fused-ring (bicyclic) bond motifs is 1. The Bertz CT molecular complexity index is 1230. The molecule has 4 aliphatic rings. The summed E-state index contributed by atoms with van der Waals surface area (Å²) >= 11 is 0. The van der Waals surface area contributed by atoms with E-state index in [9.17, 15) is 13.6 Å². The molecule has 3 heterocycles. The number of hydrogen-bond donors (Lipinski definition) is 3. The number of aromatic nitrogens is 5. The molecule has 0 saturated heterocycles. The van der Waals surface area contributed by atoms with Gasteiger partial charge in [0.2, 0.25) is 5.88 Å². The van der Waals surface area contributed by atoms with Crippen LogP contribution in [0.15, 0.2) is 24.5 Å². The molecule has 35 heavy (non-hydrogen) atoms. The maximum Gasteiger partial charge on any atom is 0.407 e. The average Bonchev–Trinajstić information content (AvgIpc) is 3.48. The van der Waals surface area contributed by atoms with Crippen LogP contribution in [-0.2, 0) is 4.74 Å². The topological polar surface area (TPSA) is 118 Å². The molecule has 1 amide bonds. The third kappa shape index (κ3) is 4.12. The predicted molar refractivity (Wildman–Crippen MR) is 117 cm³/mol. The molecule has 2 bridgehead atoms. The van der Waals surface area contributed by atoms with Crippen LogP contribution in [0.5, 0.6) is 5.88 Å². The van der Waals surface area contributed by atoms with Gasteiger partial charge in [0.15, 0.2) is 18.2 Å². The van der Waals surface area contributed by atoms with Gasteiger partial charge in [0.05, 0.1) is 0 Å². The summed E-state index contributed by atoms with van der Waals surface area (Å²) in [5, 5.41) is 17.1. The number of anilines is 2. The normalized spacial score (nSPS) is 29.0. The standard InChI is InChI=1S/C22H24F3N7O3/c23-16(24)10-34-18-6-14-20(26-3-4-32(14)31-18)27-17-5-13(29-30-17)12-1-2-15(19(12)25)35-21(33)28-22-7-11(8-22)9-22/h3-6,11-12,15-16,19H,1-2,7-10H2,(H,28,33)(H2,26,27,29,30)/t11?,12-,15-,19-,22?/m1/s1. The van der Waals surface area contributed by atoms with Crippen molar-refractivity contribution in [2.24, 2.45) is 5.92 Å². The molecule has 3 atom stereocenters. The lowest BCUT2D eigenvalue weighted by Crippen LogP contribution is -2.68. The summed E-state index contributed by atoms with van der Waals surface area (Å²) in [5.41, 5.74) is 0.957. The van der Waals surface area contributed by atoms with Gasteiger partial charge < -0.3 is 20.1 Å². The summed E-state index contributed by atoms with van der Waals surface area (Å²) in [6.07, 6.45) is 1.64. The number of H-pyrrole nitrogens is 1. The van der Waals surface area contributed by atoms with E-state index in [0.717, 1.165) is 25.2 Å². The van der Waals surface area contributed by atoms with Crippen molar-refractivity contribution < 1.29 is 27.4 Å². The molecule has 4 saturated carbocycles. The summed E-state index contributed by atoms with van der Waals surface area (Å²) in [6, 6.07) is 3.16. The summed E-state index contributed by atoms with van der Waals surface area (Å²) in [4.78, 5) is 16.5. The molecular formula is C22H24F3N7O3. The smallest absolute Gasteiger partial charge is 0.407 e. The number of carbonyl (C=O) groups excluding carboxylic acids is 1. The molecule has 0 spiro atoms. The number of ether oxygens (including phenoxy) is 2. The number of alkyl carbamates (subject to hydrolysis) is 1. The fraction of sp³-hybridized carbons (Fsp3) is 0.545. The fourth-order valence-electron chi connectivity index (χ4n) is 5.31. The molecular weight excluding hydrogens is 467 g/mol. The van der Waals surface area contributed by atoms with E-state index in [1.54, 1.807) is 12.3 Å². The summed E-state index contributed by atoms with van der Waals surface area (Å²) in [6.45, 7) is -0.762. The SMILES string of the molecule is O=C(NC12CC(C1)C2)O[C@@H]1CC[C@H](c2cc(Nc3nccn4nc(OCC(F)F)cc34)n[nH]2)[C@H]1F. The Balaban J connectivity index is 1.09. The zero-order valence-corrected chi connectivity index (χ0v) is 18.6. The fourth-order valence-corrected chi connectivity index (χ4v) is 5.31. The van der Waals surface area contributed by atoms with Crippen LogP contribution in [0.4, 0.5) is 29.6 Å². The third-order valence-corrected chi connectivity index (χ3v) is 7.13. The minimum absolute atomic E-state index is 0.0411. The van der Waals surface area contributed by atoms with Crippen LogP contribution in [0.3, 0.4) is 0 Å². The van der Waals surface area contributed by atoms with Crippen molar-refractivity contribution in [3.05, 3.63) is 30.2 Å². The van der Waals surface area contributed by atoms with Gasteiger partial charge in [-0.1, -0.05) is 0 Å². The van der Waals surface area contributed by atoms with Crippen molar-refractivity contribution >= 4 is 23.2 Å². The maximum absolute atomic E-state index is 15.1. The van der Waals surface area contributed by atoms with E-state index in [1.807, 2.05) is 0 Å². The second kappa shape index (κ2) is 8.31. The van der Waals surface area contributed by atoms with Crippen molar-refractivity contribution in [2.45, 2.75) is 62.3 Å². The highest BCUT2D eigenvalue weighted by Crippen LogP contribution is 2.57. The number of nitrogens with zero attached hydrogens (tertiary/aromatic N) is 4. The number of hydrogen-bond acceptors (Lipinski definition) is 7. The number of nitrogens with one attached hydrogen (secondary N) is 3. The van der Waals surface area contributed by atoms with Crippen LogP contribution in [0.1, 0.15) is 43.7 Å². The summed E-state index contributed by atoms with van der Waals surface area (Å²) in [7, 11) is 0. The van der Waals surface area contributed by atoms with Crippen LogP contribution in [0.25, 0.3) is 5.52 Å². The van der Waals surface area contributed by atoms with Crippen molar-refractivity contribution in [2.75, 3.05) is 11.9 Å². The number of rotatable bonds is 8. The maximum atomic E-state index is 15.1. The highest BCUT2D eigenvalue weighted by molar-refractivity contribution is 5.73. The lowest BCUT2D eigenvalue weighted by atomic mass is 9.50. The van der Waals surface area contributed by atoms with E-state index in [-0.39, 0.29) is 11.4 Å². The molecule has 13 heteroatoms.